The molecule has 2 saturated carbocycles. The summed E-state index contributed by atoms with van der Waals surface area (Å²) in [6.45, 7) is 4.07. The standard InChI is InChI=1S/C16H23N3O2/c1-11(2)18-13-3-8-17-9-12(13)14(20)19-15-4-6-16(21,10-15)7-5-15/h3,8-9,11,21H,4-7,10H2,1-2H3,(H,17,18)(H,19,20). The quantitative estimate of drug-likeness (QED) is 0.793. The van der Waals surface area contributed by atoms with E-state index in [0.29, 0.717) is 12.0 Å². The third-order valence-corrected chi connectivity index (χ3v) is 4.69. The number of nitrogens with one attached hydrogen (secondary N) is 2. The van der Waals surface area contributed by atoms with Crippen LogP contribution in [0.5, 0.6) is 0 Å². The van der Waals surface area contributed by atoms with Crippen LogP contribution in [-0.4, -0.2) is 33.2 Å². The van der Waals surface area contributed by atoms with Gasteiger partial charge in [-0.3, -0.25) is 9.78 Å². The maximum absolute atomic E-state index is 12.6. The molecule has 2 bridgehead atoms. The van der Waals surface area contributed by atoms with E-state index in [-0.39, 0.29) is 17.5 Å². The summed E-state index contributed by atoms with van der Waals surface area (Å²) < 4.78 is 0. The summed E-state index contributed by atoms with van der Waals surface area (Å²) in [5, 5.41) is 16.7. The first-order valence-corrected chi connectivity index (χ1v) is 7.67. The van der Waals surface area contributed by atoms with Gasteiger partial charge in [0.25, 0.3) is 5.91 Å². The Morgan fingerprint density at radius 3 is 2.62 bits per heavy atom. The van der Waals surface area contributed by atoms with Crippen molar-refractivity contribution in [2.45, 2.75) is 63.1 Å². The molecule has 0 aromatic carbocycles. The molecular formula is C16H23N3O2. The van der Waals surface area contributed by atoms with Crippen LogP contribution in [0.15, 0.2) is 18.5 Å². The van der Waals surface area contributed by atoms with Crippen molar-refractivity contribution in [1.29, 1.82) is 0 Å². The summed E-state index contributed by atoms with van der Waals surface area (Å²) in [6.07, 6.45) is 7.27. The fourth-order valence-electron chi connectivity index (χ4n) is 3.67. The zero-order chi connectivity index (χ0) is 15.1. The van der Waals surface area contributed by atoms with Crippen LogP contribution in [0.1, 0.15) is 56.3 Å². The first-order valence-electron chi connectivity index (χ1n) is 7.67. The number of hydrogen-bond acceptors (Lipinski definition) is 4. The first kappa shape index (κ1) is 14.3. The normalized spacial score (nSPS) is 30.7. The van der Waals surface area contributed by atoms with Gasteiger partial charge in [0.05, 0.1) is 16.9 Å². The van der Waals surface area contributed by atoms with Gasteiger partial charge in [0, 0.05) is 24.0 Å². The minimum Gasteiger partial charge on any atom is -0.390 e. The van der Waals surface area contributed by atoms with Gasteiger partial charge in [0.15, 0.2) is 0 Å². The van der Waals surface area contributed by atoms with Crippen LogP contribution in [0.3, 0.4) is 0 Å². The average molecular weight is 289 g/mol. The second-order valence-electron chi connectivity index (χ2n) is 6.86. The van der Waals surface area contributed by atoms with E-state index in [1.54, 1.807) is 12.4 Å². The molecule has 0 spiro atoms. The SMILES string of the molecule is CC(C)Nc1ccncc1C(=O)NC12CCC(O)(CC1)C2. The number of fused-ring (bicyclic) bond motifs is 2. The van der Waals surface area contributed by atoms with Crippen molar-refractivity contribution in [3.63, 3.8) is 0 Å². The molecule has 3 N–H and O–H groups in total. The second kappa shape index (κ2) is 4.98. The van der Waals surface area contributed by atoms with Crippen molar-refractivity contribution in [3.8, 4) is 0 Å². The smallest absolute Gasteiger partial charge is 0.255 e. The van der Waals surface area contributed by atoms with Gasteiger partial charge in [-0.2, -0.15) is 0 Å². The molecule has 5 heteroatoms. The molecule has 2 fully saturated rings. The molecule has 21 heavy (non-hydrogen) atoms. The van der Waals surface area contributed by atoms with Crippen molar-refractivity contribution < 1.29 is 9.90 Å². The summed E-state index contributed by atoms with van der Waals surface area (Å²) in [4.78, 5) is 16.7. The minimum absolute atomic E-state index is 0.0996. The fraction of sp³-hybridized carbons (Fsp3) is 0.625. The van der Waals surface area contributed by atoms with E-state index in [1.807, 2.05) is 19.9 Å². The molecule has 5 nitrogen and oxygen atoms in total. The zero-order valence-corrected chi connectivity index (χ0v) is 12.6. The van der Waals surface area contributed by atoms with Crippen LogP contribution in [0.25, 0.3) is 0 Å². The average Bonchev–Trinajstić information content (AvgIpc) is 2.91. The number of anilines is 1. The van der Waals surface area contributed by atoms with Crippen LogP contribution >= 0.6 is 0 Å². The highest BCUT2D eigenvalue weighted by atomic mass is 16.3. The Labute approximate surface area is 125 Å². The summed E-state index contributed by atoms with van der Waals surface area (Å²) in [6, 6.07) is 2.08. The molecule has 2 aliphatic carbocycles. The van der Waals surface area contributed by atoms with Gasteiger partial charge in [0.2, 0.25) is 0 Å². The van der Waals surface area contributed by atoms with E-state index in [1.165, 1.54) is 0 Å². The van der Waals surface area contributed by atoms with Gasteiger partial charge < -0.3 is 15.7 Å². The number of rotatable bonds is 4. The second-order valence-corrected chi connectivity index (χ2v) is 6.86. The third kappa shape index (κ3) is 2.75. The van der Waals surface area contributed by atoms with Gasteiger partial charge >= 0.3 is 0 Å². The summed E-state index contributed by atoms with van der Waals surface area (Å²) in [5.74, 6) is -0.0996. The van der Waals surface area contributed by atoms with Crippen LogP contribution < -0.4 is 10.6 Å². The number of carbonyl (C=O) groups is 1. The molecular weight excluding hydrogens is 266 g/mol. The van der Waals surface area contributed by atoms with Crippen molar-refractivity contribution in [2.75, 3.05) is 5.32 Å². The van der Waals surface area contributed by atoms with E-state index < -0.39 is 5.60 Å². The van der Waals surface area contributed by atoms with Crippen LogP contribution in [0.4, 0.5) is 5.69 Å². The van der Waals surface area contributed by atoms with E-state index >= 15 is 0 Å². The monoisotopic (exact) mass is 289 g/mol. The summed E-state index contributed by atoms with van der Waals surface area (Å²) in [7, 11) is 0. The summed E-state index contributed by atoms with van der Waals surface area (Å²) in [5.41, 5.74) is 0.598. The Morgan fingerprint density at radius 1 is 1.33 bits per heavy atom. The minimum atomic E-state index is -0.554. The molecule has 114 valence electrons. The lowest BCUT2D eigenvalue weighted by Crippen LogP contribution is -2.45. The Balaban J connectivity index is 1.77. The molecule has 0 aliphatic heterocycles. The predicted octanol–water partition coefficient (Wildman–Crippen LogP) is 2.08. The fourth-order valence-corrected chi connectivity index (χ4v) is 3.67. The van der Waals surface area contributed by atoms with Crippen molar-refractivity contribution in [2.24, 2.45) is 0 Å². The molecule has 1 heterocycles. The number of amides is 1. The lowest BCUT2D eigenvalue weighted by Gasteiger charge is -2.28. The maximum Gasteiger partial charge on any atom is 0.255 e. The van der Waals surface area contributed by atoms with Crippen LogP contribution in [-0.2, 0) is 0 Å². The van der Waals surface area contributed by atoms with Crippen molar-refractivity contribution >= 4 is 11.6 Å². The van der Waals surface area contributed by atoms with E-state index in [2.05, 4.69) is 15.6 Å². The number of aromatic nitrogens is 1. The highest BCUT2D eigenvalue weighted by molar-refractivity contribution is 5.99. The Morgan fingerprint density at radius 2 is 2.05 bits per heavy atom. The Kier molecular flexibility index (Phi) is 3.40. The van der Waals surface area contributed by atoms with E-state index in [4.69, 9.17) is 0 Å². The lowest BCUT2D eigenvalue weighted by molar-refractivity contribution is 0.0521. The van der Waals surface area contributed by atoms with E-state index in [0.717, 1.165) is 31.4 Å². The highest BCUT2D eigenvalue weighted by Crippen LogP contribution is 2.50. The molecule has 1 amide bonds. The molecule has 1 aromatic heterocycles. The summed E-state index contributed by atoms with van der Waals surface area (Å²) >= 11 is 0. The maximum atomic E-state index is 12.6. The van der Waals surface area contributed by atoms with Gasteiger partial charge in [-0.1, -0.05) is 0 Å². The van der Waals surface area contributed by atoms with Crippen molar-refractivity contribution in [3.05, 3.63) is 24.0 Å². The lowest BCUT2D eigenvalue weighted by atomic mass is 9.92. The number of nitrogens with zero attached hydrogens (tertiary/aromatic N) is 1. The predicted molar refractivity (Wildman–Crippen MR) is 81.2 cm³/mol. The number of hydrogen-bond donors (Lipinski definition) is 3. The first-order chi connectivity index (χ1) is 9.91. The Hall–Kier alpha value is -1.62. The molecule has 0 atom stereocenters. The van der Waals surface area contributed by atoms with Gasteiger partial charge in [-0.15, -0.1) is 0 Å². The largest absolute Gasteiger partial charge is 0.390 e. The topological polar surface area (TPSA) is 74.2 Å². The molecule has 1 aromatic rings. The van der Waals surface area contributed by atoms with Gasteiger partial charge in [-0.05, 0) is 52.0 Å². The molecule has 2 aliphatic rings. The van der Waals surface area contributed by atoms with E-state index in [9.17, 15) is 9.90 Å². The number of aliphatic hydroxyl groups is 1. The van der Waals surface area contributed by atoms with Gasteiger partial charge in [-0.25, -0.2) is 0 Å². The van der Waals surface area contributed by atoms with Gasteiger partial charge in [0.1, 0.15) is 0 Å². The van der Waals surface area contributed by atoms with Crippen LogP contribution in [0.2, 0.25) is 0 Å². The molecule has 0 radical (unpaired) electrons. The Bertz CT molecular complexity index is 548. The molecule has 0 unspecified atom stereocenters. The van der Waals surface area contributed by atoms with Crippen molar-refractivity contribution in [1.82, 2.24) is 10.3 Å². The third-order valence-electron chi connectivity index (χ3n) is 4.69. The highest BCUT2D eigenvalue weighted by Gasteiger charge is 2.54. The zero-order valence-electron chi connectivity index (χ0n) is 12.6. The number of pyridine rings is 1. The molecule has 3 rings (SSSR count). The number of carbonyl (C=O) groups excluding carboxylic acids is 1. The van der Waals surface area contributed by atoms with Crippen LogP contribution in [0, 0.1) is 0 Å². The molecule has 0 saturated heterocycles.